The van der Waals surface area contributed by atoms with Crippen LogP contribution < -0.4 is 5.56 Å². The molecular weight excluding hydrogens is 226 g/mol. The van der Waals surface area contributed by atoms with Gasteiger partial charge in [0, 0.05) is 36.6 Å². The van der Waals surface area contributed by atoms with E-state index < -0.39 is 0 Å². The van der Waals surface area contributed by atoms with E-state index in [1.54, 1.807) is 36.3 Å². The molecule has 0 aliphatic carbocycles. The van der Waals surface area contributed by atoms with E-state index in [4.69, 9.17) is 0 Å². The zero-order chi connectivity index (χ0) is 12.5. The van der Waals surface area contributed by atoms with Crippen molar-refractivity contribution in [3.63, 3.8) is 0 Å². The molecule has 3 rings (SSSR count). The molecule has 0 amide bonds. The van der Waals surface area contributed by atoms with E-state index in [0.29, 0.717) is 11.2 Å². The van der Waals surface area contributed by atoms with Gasteiger partial charge in [0.15, 0.2) is 5.82 Å². The summed E-state index contributed by atoms with van der Waals surface area (Å²) in [5, 5.41) is 1.61. The number of rotatable bonds is 1. The van der Waals surface area contributed by atoms with E-state index >= 15 is 0 Å². The molecule has 2 heterocycles. The summed E-state index contributed by atoms with van der Waals surface area (Å²) in [5.74, 6) is 0.667. The average Bonchev–Trinajstić information content (AvgIpc) is 2.44. The van der Waals surface area contributed by atoms with E-state index in [9.17, 15) is 4.79 Å². The van der Waals surface area contributed by atoms with Gasteiger partial charge in [-0.3, -0.25) is 4.79 Å². The van der Waals surface area contributed by atoms with E-state index in [-0.39, 0.29) is 5.56 Å². The van der Waals surface area contributed by atoms with Crippen molar-refractivity contribution in [3.8, 4) is 11.4 Å². The highest BCUT2D eigenvalue weighted by Crippen LogP contribution is 2.19. The van der Waals surface area contributed by atoms with Crippen LogP contribution in [0.3, 0.4) is 0 Å². The molecule has 1 aromatic carbocycles. The molecule has 0 saturated heterocycles. The van der Waals surface area contributed by atoms with Crippen LogP contribution in [0.25, 0.3) is 22.2 Å². The Morgan fingerprint density at radius 2 is 1.89 bits per heavy atom. The average molecular weight is 237 g/mol. The zero-order valence-corrected chi connectivity index (χ0v) is 9.87. The van der Waals surface area contributed by atoms with E-state index in [0.717, 1.165) is 10.9 Å². The minimum Gasteiger partial charge on any atom is -0.318 e. The summed E-state index contributed by atoms with van der Waals surface area (Å²) in [6.07, 6.45) is 5.17. The molecule has 2 aromatic heterocycles. The van der Waals surface area contributed by atoms with Crippen LogP contribution in [0.5, 0.6) is 0 Å². The lowest BCUT2D eigenvalue weighted by molar-refractivity contribution is 0.873. The van der Waals surface area contributed by atoms with Crippen molar-refractivity contribution in [2.45, 2.75) is 0 Å². The standard InChI is InChI=1S/C14H11N3O/c1-17-8-5-10-9-11(3-4-12(10)14(17)18)13-15-6-2-7-16-13/h2-9H,1H3. The molecule has 0 unspecified atom stereocenters. The summed E-state index contributed by atoms with van der Waals surface area (Å²) in [7, 11) is 1.75. The van der Waals surface area contributed by atoms with Crippen molar-refractivity contribution in [1.82, 2.24) is 14.5 Å². The van der Waals surface area contributed by atoms with Gasteiger partial charge in [0.2, 0.25) is 0 Å². The lowest BCUT2D eigenvalue weighted by atomic mass is 10.1. The fourth-order valence-electron chi connectivity index (χ4n) is 1.93. The fraction of sp³-hybridized carbons (Fsp3) is 0.0714. The second-order valence-electron chi connectivity index (χ2n) is 4.11. The van der Waals surface area contributed by atoms with Gasteiger partial charge in [-0.1, -0.05) is 6.07 Å². The van der Waals surface area contributed by atoms with Gasteiger partial charge in [0.05, 0.1) is 0 Å². The maximum Gasteiger partial charge on any atom is 0.258 e. The molecule has 0 atom stereocenters. The number of hydrogen-bond donors (Lipinski definition) is 0. The van der Waals surface area contributed by atoms with Crippen LogP contribution >= 0.6 is 0 Å². The van der Waals surface area contributed by atoms with Crippen LogP contribution in [0.4, 0.5) is 0 Å². The summed E-state index contributed by atoms with van der Waals surface area (Å²) in [5.41, 5.74) is 0.921. The first kappa shape index (κ1) is 10.7. The molecule has 0 saturated carbocycles. The molecule has 0 bridgehead atoms. The Balaban J connectivity index is 2.25. The van der Waals surface area contributed by atoms with Crippen LogP contribution in [0, 0.1) is 0 Å². The number of nitrogens with zero attached hydrogens (tertiary/aromatic N) is 3. The molecule has 4 heteroatoms. The Morgan fingerprint density at radius 1 is 1.11 bits per heavy atom. The van der Waals surface area contributed by atoms with Gasteiger partial charge in [-0.25, -0.2) is 9.97 Å². The maximum atomic E-state index is 11.9. The van der Waals surface area contributed by atoms with Crippen molar-refractivity contribution in [2.24, 2.45) is 7.05 Å². The Hall–Kier alpha value is -2.49. The summed E-state index contributed by atoms with van der Waals surface area (Å²) < 4.78 is 1.57. The van der Waals surface area contributed by atoms with Gasteiger partial charge in [0.25, 0.3) is 5.56 Å². The highest BCUT2D eigenvalue weighted by Gasteiger charge is 2.04. The molecule has 0 aliphatic rings. The molecule has 3 aromatic rings. The third-order valence-electron chi connectivity index (χ3n) is 2.90. The monoisotopic (exact) mass is 237 g/mol. The zero-order valence-electron chi connectivity index (χ0n) is 9.87. The Bertz CT molecular complexity index is 763. The van der Waals surface area contributed by atoms with Gasteiger partial charge in [0.1, 0.15) is 0 Å². The summed E-state index contributed by atoms with van der Waals surface area (Å²) in [4.78, 5) is 20.3. The predicted octanol–water partition coefficient (Wildman–Crippen LogP) is 2.00. The second kappa shape index (κ2) is 4.07. The van der Waals surface area contributed by atoms with Gasteiger partial charge in [-0.05, 0) is 29.7 Å². The molecule has 0 aliphatic heterocycles. The quantitative estimate of drug-likeness (QED) is 0.650. The van der Waals surface area contributed by atoms with Gasteiger partial charge in [-0.15, -0.1) is 0 Å². The lowest BCUT2D eigenvalue weighted by Gasteiger charge is -2.03. The maximum absolute atomic E-state index is 11.9. The number of fused-ring (bicyclic) bond motifs is 1. The van der Waals surface area contributed by atoms with Crippen molar-refractivity contribution in [3.05, 3.63) is 59.3 Å². The number of aryl methyl sites for hydroxylation is 1. The van der Waals surface area contributed by atoms with Gasteiger partial charge in [-0.2, -0.15) is 0 Å². The van der Waals surface area contributed by atoms with Crippen LogP contribution in [0.1, 0.15) is 0 Å². The first-order valence-electron chi connectivity index (χ1n) is 5.62. The Morgan fingerprint density at radius 3 is 2.67 bits per heavy atom. The van der Waals surface area contributed by atoms with E-state index in [1.807, 2.05) is 24.3 Å². The number of aromatic nitrogens is 3. The Labute approximate surface area is 104 Å². The lowest BCUT2D eigenvalue weighted by Crippen LogP contribution is -2.15. The fourth-order valence-corrected chi connectivity index (χ4v) is 1.93. The first-order chi connectivity index (χ1) is 8.75. The van der Waals surface area contributed by atoms with Crippen LogP contribution in [0.2, 0.25) is 0 Å². The summed E-state index contributed by atoms with van der Waals surface area (Å²) >= 11 is 0. The number of hydrogen-bond acceptors (Lipinski definition) is 3. The van der Waals surface area contributed by atoms with Gasteiger partial charge < -0.3 is 4.57 Å². The van der Waals surface area contributed by atoms with Gasteiger partial charge >= 0.3 is 0 Å². The van der Waals surface area contributed by atoms with E-state index in [2.05, 4.69) is 9.97 Å². The number of benzene rings is 1. The molecule has 18 heavy (non-hydrogen) atoms. The third kappa shape index (κ3) is 1.68. The molecule has 4 nitrogen and oxygen atoms in total. The molecule has 0 N–H and O–H groups in total. The molecular formula is C14H11N3O. The molecule has 0 fully saturated rings. The Kier molecular flexibility index (Phi) is 2.41. The van der Waals surface area contributed by atoms with Crippen molar-refractivity contribution < 1.29 is 0 Å². The predicted molar refractivity (Wildman–Crippen MR) is 70.2 cm³/mol. The molecule has 0 spiro atoms. The van der Waals surface area contributed by atoms with Crippen LogP contribution in [-0.2, 0) is 7.05 Å². The highest BCUT2D eigenvalue weighted by molar-refractivity contribution is 5.85. The SMILES string of the molecule is Cn1ccc2cc(-c3ncccn3)ccc2c1=O. The van der Waals surface area contributed by atoms with E-state index in [1.165, 1.54) is 0 Å². The smallest absolute Gasteiger partial charge is 0.258 e. The first-order valence-corrected chi connectivity index (χ1v) is 5.62. The minimum atomic E-state index is 0.00744. The number of pyridine rings is 1. The summed E-state index contributed by atoms with van der Waals surface area (Å²) in [6, 6.07) is 9.33. The molecule has 0 radical (unpaired) electrons. The van der Waals surface area contributed by atoms with Crippen LogP contribution in [0.15, 0.2) is 53.7 Å². The molecule has 88 valence electrons. The second-order valence-corrected chi connectivity index (χ2v) is 4.11. The third-order valence-corrected chi connectivity index (χ3v) is 2.90. The van der Waals surface area contributed by atoms with Crippen molar-refractivity contribution in [2.75, 3.05) is 0 Å². The summed E-state index contributed by atoms with van der Waals surface area (Å²) in [6.45, 7) is 0. The minimum absolute atomic E-state index is 0.00744. The highest BCUT2D eigenvalue weighted by atomic mass is 16.1. The van der Waals surface area contributed by atoms with Crippen LogP contribution in [-0.4, -0.2) is 14.5 Å². The van der Waals surface area contributed by atoms with Crippen molar-refractivity contribution >= 4 is 10.8 Å². The van der Waals surface area contributed by atoms with Crippen molar-refractivity contribution in [1.29, 1.82) is 0 Å². The largest absolute Gasteiger partial charge is 0.318 e. The normalized spacial score (nSPS) is 10.7. The topological polar surface area (TPSA) is 47.8 Å².